The summed E-state index contributed by atoms with van der Waals surface area (Å²) in [7, 11) is 1.50. The minimum atomic E-state index is -0.714. The number of amides is 1. The summed E-state index contributed by atoms with van der Waals surface area (Å²) >= 11 is 0. The maximum absolute atomic E-state index is 13.0. The molecule has 4 rings (SSSR count). The fraction of sp³-hybridized carbons (Fsp3) is 0.450. The van der Waals surface area contributed by atoms with E-state index < -0.39 is 23.0 Å². The number of nitrogens with one attached hydrogen (secondary N) is 1. The van der Waals surface area contributed by atoms with Crippen molar-refractivity contribution >= 4 is 11.9 Å². The van der Waals surface area contributed by atoms with E-state index in [0.29, 0.717) is 44.7 Å². The molecule has 2 aliphatic heterocycles. The zero-order valence-electron chi connectivity index (χ0n) is 16.6. The van der Waals surface area contributed by atoms with Crippen LogP contribution in [0.1, 0.15) is 28.9 Å². The van der Waals surface area contributed by atoms with Gasteiger partial charge in [0, 0.05) is 39.5 Å². The van der Waals surface area contributed by atoms with Crippen LogP contribution in [0.5, 0.6) is 5.75 Å². The molecule has 9 nitrogen and oxygen atoms in total. The van der Waals surface area contributed by atoms with Crippen LogP contribution in [0.4, 0.5) is 10.3 Å². The van der Waals surface area contributed by atoms with E-state index in [9.17, 15) is 19.1 Å². The van der Waals surface area contributed by atoms with Gasteiger partial charge in [-0.25, -0.2) is 9.37 Å². The molecular weight excluding hydrogens is 395 g/mol. The Morgan fingerprint density at radius 2 is 1.87 bits per heavy atom. The van der Waals surface area contributed by atoms with Crippen LogP contribution in [0.25, 0.3) is 0 Å². The lowest BCUT2D eigenvalue weighted by Crippen LogP contribution is -2.47. The van der Waals surface area contributed by atoms with Gasteiger partial charge in [0.05, 0.1) is 13.2 Å². The molecule has 2 N–H and O–H groups in total. The van der Waals surface area contributed by atoms with Gasteiger partial charge in [-0.1, -0.05) is 12.1 Å². The van der Waals surface area contributed by atoms with Gasteiger partial charge < -0.3 is 24.8 Å². The Balaban J connectivity index is 1.52. The molecule has 0 unspecified atom stereocenters. The second kappa shape index (κ2) is 8.04. The molecule has 1 aromatic heterocycles. The predicted octanol–water partition coefficient (Wildman–Crippen LogP) is 0.898. The van der Waals surface area contributed by atoms with E-state index in [1.165, 1.54) is 35.9 Å². The molecule has 2 aliphatic rings. The summed E-state index contributed by atoms with van der Waals surface area (Å²) in [6, 6.07) is 5.65. The zero-order valence-corrected chi connectivity index (χ0v) is 16.6. The third kappa shape index (κ3) is 3.88. The summed E-state index contributed by atoms with van der Waals surface area (Å²) in [5.74, 6) is -2.07. The number of aromatic hydroxyl groups is 1. The van der Waals surface area contributed by atoms with Crippen molar-refractivity contribution in [1.82, 2.24) is 14.9 Å². The maximum Gasteiger partial charge on any atom is 0.297 e. The van der Waals surface area contributed by atoms with E-state index in [1.54, 1.807) is 0 Å². The van der Waals surface area contributed by atoms with Crippen LogP contribution in [0, 0.1) is 5.82 Å². The molecule has 1 spiro atoms. The number of halogens is 1. The molecule has 160 valence electrons. The van der Waals surface area contributed by atoms with Gasteiger partial charge in [0.2, 0.25) is 11.7 Å². The predicted molar refractivity (Wildman–Crippen MR) is 105 cm³/mol. The van der Waals surface area contributed by atoms with E-state index in [1.807, 2.05) is 4.90 Å². The molecule has 30 heavy (non-hydrogen) atoms. The number of carbonyl (C=O) groups is 1. The molecule has 1 aromatic carbocycles. The smallest absolute Gasteiger partial charge is 0.297 e. The van der Waals surface area contributed by atoms with Crippen LogP contribution in [0.2, 0.25) is 0 Å². The summed E-state index contributed by atoms with van der Waals surface area (Å²) in [6.07, 6.45) is 1.21. The Bertz CT molecular complexity index is 991. The largest absolute Gasteiger partial charge is 0.501 e. The first-order valence-corrected chi connectivity index (χ1v) is 9.74. The Labute approximate surface area is 172 Å². The molecule has 2 saturated heterocycles. The normalized spacial score (nSPS) is 18.0. The fourth-order valence-electron chi connectivity index (χ4n) is 3.72. The highest BCUT2D eigenvalue weighted by molar-refractivity contribution is 5.95. The number of carbonyl (C=O) groups excluding carboxylic acids is 1. The van der Waals surface area contributed by atoms with Crippen molar-refractivity contribution in [2.45, 2.75) is 25.2 Å². The van der Waals surface area contributed by atoms with E-state index in [4.69, 9.17) is 9.47 Å². The number of benzene rings is 1. The second-order valence-corrected chi connectivity index (χ2v) is 7.38. The third-order valence-electron chi connectivity index (χ3n) is 5.45. The van der Waals surface area contributed by atoms with Crippen LogP contribution >= 0.6 is 0 Å². The van der Waals surface area contributed by atoms with Crippen LogP contribution in [-0.4, -0.2) is 52.7 Å². The van der Waals surface area contributed by atoms with Crippen molar-refractivity contribution in [2.75, 3.05) is 31.2 Å². The molecule has 2 aromatic rings. The molecule has 0 saturated carbocycles. The third-order valence-corrected chi connectivity index (χ3v) is 5.45. The number of nitrogens with zero attached hydrogens (tertiary/aromatic N) is 3. The standard InChI is InChI=1S/C20H23FN4O5/c1-24-18(28)16(26)15(17(27)22-12-13-2-4-14(21)5-3-13)23-19(24)25-8-6-20(7-9-25)29-10-11-30-20/h2-5,26H,6-12H2,1H3,(H,22,27). The van der Waals surface area contributed by atoms with Gasteiger partial charge in [0.1, 0.15) is 5.82 Å². The Morgan fingerprint density at radius 1 is 1.23 bits per heavy atom. The van der Waals surface area contributed by atoms with Crippen molar-refractivity contribution in [3.63, 3.8) is 0 Å². The van der Waals surface area contributed by atoms with E-state index in [-0.39, 0.29) is 24.0 Å². The summed E-state index contributed by atoms with van der Waals surface area (Å²) in [5.41, 5.74) is -0.379. The minimum absolute atomic E-state index is 0.103. The minimum Gasteiger partial charge on any atom is -0.501 e. The van der Waals surface area contributed by atoms with Gasteiger partial charge >= 0.3 is 0 Å². The number of hydrogen-bond donors (Lipinski definition) is 2. The Hall–Kier alpha value is -2.98. The Kier molecular flexibility index (Phi) is 5.44. The molecule has 0 radical (unpaired) electrons. The molecule has 0 bridgehead atoms. The van der Waals surface area contributed by atoms with Gasteiger partial charge in [0.25, 0.3) is 11.5 Å². The van der Waals surface area contributed by atoms with Crippen LogP contribution in [0.15, 0.2) is 29.1 Å². The lowest BCUT2D eigenvalue weighted by molar-refractivity contribution is -0.169. The molecule has 3 heterocycles. The molecule has 0 atom stereocenters. The number of ether oxygens (including phenoxy) is 2. The van der Waals surface area contributed by atoms with Crippen molar-refractivity contribution in [1.29, 1.82) is 0 Å². The Morgan fingerprint density at radius 3 is 2.50 bits per heavy atom. The average molecular weight is 418 g/mol. The summed E-state index contributed by atoms with van der Waals surface area (Å²) in [4.78, 5) is 31.2. The first-order chi connectivity index (χ1) is 14.4. The molecule has 0 aliphatic carbocycles. The van der Waals surface area contributed by atoms with E-state index in [0.717, 1.165) is 0 Å². The van der Waals surface area contributed by atoms with Gasteiger partial charge in [-0.3, -0.25) is 14.2 Å². The van der Waals surface area contributed by atoms with Crippen LogP contribution < -0.4 is 15.8 Å². The van der Waals surface area contributed by atoms with Gasteiger partial charge in [-0.15, -0.1) is 0 Å². The number of piperidine rings is 1. The zero-order chi connectivity index (χ0) is 21.3. The molecule has 10 heteroatoms. The van der Waals surface area contributed by atoms with Crippen molar-refractivity contribution in [3.05, 3.63) is 51.7 Å². The first kappa shape index (κ1) is 20.3. The van der Waals surface area contributed by atoms with Crippen LogP contribution in [-0.2, 0) is 23.1 Å². The second-order valence-electron chi connectivity index (χ2n) is 7.38. The number of anilines is 1. The summed E-state index contributed by atoms with van der Waals surface area (Å²) in [6.45, 7) is 2.29. The van der Waals surface area contributed by atoms with E-state index in [2.05, 4.69) is 10.3 Å². The van der Waals surface area contributed by atoms with Crippen LogP contribution in [0.3, 0.4) is 0 Å². The highest BCUT2D eigenvalue weighted by Crippen LogP contribution is 2.32. The highest BCUT2D eigenvalue weighted by Gasteiger charge is 2.40. The SMILES string of the molecule is Cn1c(N2CCC3(CC2)OCCO3)nc(C(=O)NCc2ccc(F)cc2)c(O)c1=O. The molecular formula is C20H23FN4O5. The summed E-state index contributed by atoms with van der Waals surface area (Å²) in [5, 5.41) is 12.8. The molecule has 1 amide bonds. The quantitative estimate of drug-likeness (QED) is 0.760. The monoisotopic (exact) mass is 418 g/mol. The maximum atomic E-state index is 13.0. The van der Waals surface area contributed by atoms with Gasteiger partial charge in [0.15, 0.2) is 11.5 Å². The lowest BCUT2D eigenvalue weighted by Gasteiger charge is -2.38. The van der Waals surface area contributed by atoms with Crippen molar-refractivity contribution < 1.29 is 23.8 Å². The average Bonchev–Trinajstić information content (AvgIpc) is 3.20. The fourth-order valence-corrected chi connectivity index (χ4v) is 3.72. The highest BCUT2D eigenvalue weighted by atomic mass is 19.1. The van der Waals surface area contributed by atoms with Crippen molar-refractivity contribution in [3.8, 4) is 5.75 Å². The van der Waals surface area contributed by atoms with Gasteiger partial charge in [-0.2, -0.15) is 0 Å². The molecule has 2 fully saturated rings. The first-order valence-electron chi connectivity index (χ1n) is 9.74. The van der Waals surface area contributed by atoms with Gasteiger partial charge in [-0.05, 0) is 17.7 Å². The van der Waals surface area contributed by atoms with Crippen molar-refractivity contribution in [2.24, 2.45) is 7.05 Å². The number of hydrogen-bond acceptors (Lipinski definition) is 7. The van der Waals surface area contributed by atoms with E-state index >= 15 is 0 Å². The lowest BCUT2D eigenvalue weighted by atomic mass is 10.0. The number of rotatable bonds is 4. The topological polar surface area (TPSA) is 106 Å². The summed E-state index contributed by atoms with van der Waals surface area (Å²) < 4.78 is 25.7. The number of aromatic nitrogens is 2.